The summed E-state index contributed by atoms with van der Waals surface area (Å²) in [6.07, 6.45) is 0. The standard InChI is InChI=1S/C20H19O4P/c1-14-15(2)20(17-11-7-4-8-12-17)18(16-9-5-3-6-10-16)13-19(14)24-25(21,22)23/h3-13H,1-2H3,(H2,21,22,23). The molecule has 0 heterocycles. The van der Waals surface area contributed by atoms with E-state index in [-0.39, 0.29) is 5.75 Å². The van der Waals surface area contributed by atoms with Gasteiger partial charge in [0.1, 0.15) is 5.75 Å². The summed E-state index contributed by atoms with van der Waals surface area (Å²) in [5, 5.41) is 0. The maximum atomic E-state index is 11.3. The van der Waals surface area contributed by atoms with Gasteiger partial charge in [0, 0.05) is 0 Å². The molecule has 0 aliphatic carbocycles. The van der Waals surface area contributed by atoms with Crippen molar-refractivity contribution >= 4 is 7.82 Å². The Bertz CT molecular complexity index is 931. The topological polar surface area (TPSA) is 66.8 Å². The summed E-state index contributed by atoms with van der Waals surface area (Å²) >= 11 is 0. The molecule has 0 unspecified atom stereocenters. The monoisotopic (exact) mass is 354 g/mol. The van der Waals surface area contributed by atoms with Crippen LogP contribution in [0.1, 0.15) is 11.1 Å². The molecule has 0 aliphatic rings. The molecule has 3 aromatic rings. The van der Waals surface area contributed by atoms with Crippen LogP contribution in [-0.4, -0.2) is 9.79 Å². The predicted octanol–water partition coefficient (Wildman–Crippen LogP) is 5.11. The van der Waals surface area contributed by atoms with Crippen LogP contribution in [0.25, 0.3) is 22.3 Å². The van der Waals surface area contributed by atoms with E-state index in [0.29, 0.717) is 5.56 Å². The van der Waals surface area contributed by atoms with Crippen LogP contribution in [0.3, 0.4) is 0 Å². The Morgan fingerprint density at radius 2 is 1.32 bits per heavy atom. The minimum atomic E-state index is -4.63. The highest BCUT2D eigenvalue weighted by Gasteiger charge is 2.22. The summed E-state index contributed by atoms with van der Waals surface area (Å²) < 4.78 is 16.3. The zero-order valence-electron chi connectivity index (χ0n) is 14.0. The average Bonchev–Trinajstić information content (AvgIpc) is 2.59. The lowest BCUT2D eigenvalue weighted by Gasteiger charge is -2.19. The molecular formula is C20H19O4P. The second-order valence-corrected chi connectivity index (χ2v) is 7.02. The van der Waals surface area contributed by atoms with Crippen LogP contribution in [0.2, 0.25) is 0 Å². The van der Waals surface area contributed by atoms with E-state index in [1.807, 2.05) is 74.5 Å². The van der Waals surface area contributed by atoms with Gasteiger partial charge in [0.15, 0.2) is 0 Å². The van der Waals surface area contributed by atoms with Gasteiger partial charge in [0.2, 0.25) is 0 Å². The molecule has 0 amide bonds. The van der Waals surface area contributed by atoms with Crippen LogP contribution < -0.4 is 4.52 Å². The van der Waals surface area contributed by atoms with Crippen LogP contribution in [-0.2, 0) is 4.57 Å². The van der Waals surface area contributed by atoms with Gasteiger partial charge in [-0.15, -0.1) is 0 Å². The lowest BCUT2D eigenvalue weighted by molar-refractivity contribution is 0.282. The van der Waals surface area contributed by atoms with E-state index in [0.717, 1.165) is 27.8 Å². The summed E-state index contributed by atoms with van der Waals surface area (Å²) in [6, 6.07) is 21.4. The molecule has 0 radical (unpaired) electrons. The van der Waals surface area contributed by atoms with Crippen LogP contribution >= 0.6 is 7.82 Å². The fourth-order valence-corrected chi connectivity index (χ4v) is 3.38. The number of phosphoric acid groups is 1. The molecule has 3 rings (SSSR count). The number of hydrogen-bond acceptors (Lipinski definition) is 2. The summed E-state index contributed by atoms with van der Waals surface area (Å²) in [5.41, 5.74) is 5.54. The van der Waals surface area contributed by atoms with Crippen LogP contribution in [0.4, 0.5) is 0 Å². The van der Waals surface area contributed by atoms with Gasteiger partial charge in [-0.05, 0) is 53.3 Å². The second-order valence-electron chi connectivity index (χ2n) is 5.86. The van der Waals surface area contributed by atoms with E-state index in [9.17, 15) is 14.4 Å². The molecule has 2 N–H and O–H groups in total. The number of phosphoric ester groups is 1. The average molecular weight is 354 g/mol. The first-order valence-electron chi connectivity index (χ1n) is 7.87. The van der Waals surface area contributed by atoms with Gasteiger partial charge in [0.25, 0.3) is 0 Å². The Hall–Kier alpha value is -2.39. The summed E-state index contributed by atoms with van der Waals surface area (Å²) in [7, 11) is -4.63. The van der Waals surface area contributed by atoms with Crippen LogP contribution in [0.5, 0.6) is 5.75 Å². The van der Waals surface area contributed by atoms with Gasteiger partial charge in [-0.1, -0.05) is 60.7 Å². The largest absolute Gasteiger partial charge is 0.524 e. The molecule has 0 atom stereocenters. The summed E-state index contributed by atoms with van der Waals surface area (Å²) in [4.78, 5) is 18.4. The molecule has 3 aromatic carbocycles. The third-order valence-electron chi connectivity index (χ3n) is 4.22. The fourth-order valence-electron chi connectivity index (χ4n) is 2.93. The smallest absolute Gasteiger partial charge is 0.404 e. The van der Waals surface area contributed by atoms with Crippen LogP contribution in [0.15, 0.2) is 66.7 Å². The minimum absolute atomic E-state index is 0.198. The Labute approximate surface area is 147 Å². The van der Waals surface area contributed by atoms with Crippen molar-refractivity contribution in [3.8, 4) is 28.0 Å². The first-order chi connectivity index (χ1) is 11.9. The first-order valence-corrected chi connectivity index (χ1v) is 9.40. The molecular weight excluding hydrogens is 335 g/mol. The van der Waals surface area contributed by atoms with E-state index >= 15 is 0 Å². The Balaban J connectivity index is 2.31. The molecule has 0 fully saturated rings. The Morgan fingerprint density at radius 3 is 1.84 bits per heavy atom. The minimum Gasteiger partial charge on any atom is -0.404 e. The highest BCUT2D eigenvalue weighted by Crippen LogP contribution is 2.45. The lowest BCUT2D eigenvalue weighted by Crippen LogP contribution is -1.98. The normalized spacial score (nSPS) is 11.4. The maximum absolute atomic E-state index is 11.3. The SMILES string of the molecule is Cc1c(OP(=O)(O)O)cc(-c2ccccc2)c(-c2ccccc2)c1C. The zero-order chi connectivity index (χ0) is 18.0. The molecule has 4 nitrogen and oxygen atoms in total. The van der Waals surface area contributed by atoms with Crippen molar-refractivity contribution in [2.75, 3.05) is 0 Å². The number of benzene rings is 3. The van der Waals surface area contributed by atoms with Crippen molar-refractivity contribution in [1.29, 1.82) is 0 Å². The fraction of sp³-hybridized carbons (Fsp3) is 0.100. The molecule has 5 heteroatoms. The van der Waals surface area contributed by atoms with E-state index in [2.05, 4.69) is 0 Å². The van der Waals surface area contributed by atoms with Gasteiger partial charge >= 0.3 is 7.82 Å². The van der Waals surface area contributed by atoms with Gasteiger partial charge < -0.3 is 4.52 Å². The number of rotatable bonds is 4. The third kappa shape index (κ3) is 3.83. The molecule has 0 bridgehead atoms. The van der Waals surface area contributed by atoms with Gasteiger partial charge in [-0.3, -0.25) is 9.79 Å². The molecule has 0 spiro atoms. The van der Waals surface area contributed by atoms with E-state index in [1.54, 1.807) is 6.07 Å². The molecule has 25 heavy (non-hydrogen) atoms. The quantitative estimate of drug-likeness (QED) is 0.639. The van der Waals surface area contributed by atoms with E-state index < -0.39 is 7.82 Å². The lowest BCUT2D eigenvalue weighted by atomic mass is 9.88. The van der Waals surface area contributed by atoms with Crippen molar-refractivity contribution in [2.24, 2.45) is 0 Å². The first kappa shape index (κ1) is 17.4. The van der Waals surface area contributed by atoms with Gasteiger partial charge in [0.05, 0.1) is 0 Å². The van der Waals surface area contributed by atoms with Crippen molar-refractivity contribution in [3.05, 3.63) is 77.9 Å². The van der Waals surface area contributed by atoms with Crippen molar-refractivity contribution in [3.63, 3.8) is 0 Å². The third-order valence-corrected chi connectivity index (χ3v) is 4.65. The van der Waals surface area contributed by atoms with Crippen molar-refractivity contribution in [1.82, 2.24) is 0 Å². The highest BCUT2D eigenvalue weighted by molar-refractivity contribution is 7.46. The zero-order valence-corrected chi connectivity index (χ0v) is 14.9. The molecule has 0 saturated heterocycles. The summed E-state index contributed by atoms with van der Waals surface area (Å²) in [6.45, 7) is 3.75. The molecule has 0 saturated carbocycles. The van der Waals surface area contributed by atoms with E-state index in [4.69, 9.17) is 4.52 Å². The van der Waals surface area contributed by atoms with Crippen molar-refractivity contribution < 1.29 is 18.9 Å². The number of hydrogen-bond donors (Lipinski definition) is 2. The van der Waals surface area contributed by atoms with Gasteiger partial charge in [-0.25, -0.2) is 4.57 Å². The Morgan fingerprint density at radius 1 is 0.800 bits per heavy atom. The van der Waals surface area contributed by atoms with Gasteiger partial charge in [-0.2, -0.15) is 0 Å². The predicted molar refractivity (Wildman–Crippen MR) is 99.5 cm³/mol. The highest BCUT2D eigenvalue weighted by atomic mass is 31.2. The second kappa shape index (κ2) is 6.85. The maximum Gasteiger partial charge on any atom is 0.524 e. The molecule has 0 aromatic heterocycles. The summed E-state index contributed by atoms with van der Waals surface area (Å²) in [5.74, 6) is 0.198. The van der Waals surface area contributed by atoms with E-state index in [1.165, 1.54) is 0 Å². The molecule has 128 valence electrons. The Kier molecular flexibility index (Phi) is 4.78. The van der Waals surface area contributed by atoms with Crippen LogP contribution in [0, 0.1) is 13.8 Å². The molecule has 0 aliphatic heterocycles. The van der Waals surface area contributed by atoms with Crippen molar-refractivity contribution in [2.45, 2.75) is 13.8 Å².